The molecule has 1 aliphatic heterocycles. The second-order valence-corrected chi connectivity index (χ2v) is 6.45. The van der Waals surface area contributed by atoms with Gasteiger partial charge < -0.3 is 15.3 Å². The normalized spacial score (nSPS) is 23.1. The standard InChI is InChI=1S/C14H21BrN2O/c1-14(2)10-17(13(6-7-18)9-16-14)12-5-3-4-11(15)8-12/h3-5,8,13,16,18H,6-7,9-10H2,1-2H3. The van der Waals surface area contributed by atoms with Crippen molar-refractivity contribution in [1.29, 1.82) is 0 Å². The number of rotatable bonds is 3. The molecule has 4 heteroatoms. The third-order valence-corrected chi connectivity index (χ3v) is 3.92. The monoisotopic (exact) mass is 312 g/mol. The van der Waals surface area contributed by atoms with Crippen LogP contribution >= 0.6 is 15.9 Å². The van der Waals surface area contributed by atoms with Crippen molar-refractivity contribution in [2.24, 2.45) is 0 Å². The minimum atomic E-state index is 0.105. The van der Waals surface area contributed by atoms with Gasteiger partial charge >= 0.3 is 0 Å². The second kappa shape index (κ2) is 5.59. The molecule has 2 rings (SSSR count). The fraction of sp³-hybridized carbons (Fsp3) is 0.571. The Balaban J connectivity index is 2.24. The largest absolute Gasteiger partial charge is 0.396 e. The van der Waals surface area contributed by atoms with Gasteiger partial charge in [-0.2, -0.15) is 0 Å². The number of halogens is 1. The molecule has 1 aromatic carbocycles. The summed E-state index contributed by atoms with van der Waals surface area (Å²) < 4.78 is 1.10. The molecule has 0 spiro atoms. The molecule has 1 aliphatic rings. The number of hydrogen-bond acceptors (Lipinski definition) is 3. The van der Waals surface area contributed by atoms with E-state index in [1.54, 1.807) is 0 Å². The van der Waals surface area contributed by atoms with Crippen molar-refractivity contribution >= 4 is 21.6 Å². The predicted molar refractivity (Wildman–Crippen MR) is 79.1 cm³/mol. The molecule has 100 valence electrons. The molecule has 1 fully saturated rings. The third-order valence-electron chi connectivity index (χ3n) is 3.42. The minimum Gasteiger partial charge on any atom is -0.396 e. The molecule has 1 unspecified atom stereocenters. The van der Waals surface area contributed by atoms with Gasteiger partial charge in [0, 0.05) is 41.4 Å². The van der Waals surface area contributed by atoms with Crippen LogP contribution < -0.4 is 10.2 Å². The Morgan fingerprint density at radius 2 is 2.28 bits per heavy atom. The average molecular weight is 313 g/mol. The molecule has 2 N–H and O–H groups in total. The van der Waals surface area contributed by atoms with Crippen molar-refractivity contribution in [3.05, 3.63) is 28.7 Å². The summed E-state index contributed by atoms with van der Waals surface area (Å²) in [5, 5.41) is 12.7. The maximum absolute atomic E-state index is 9.20. The topological polar surface area (TPSA) is 35.5 Å². The van der Waals surface area contributed by atoms with Crippen molar-refractivity contribution < 1.29 is 5.11 Å². The van der Waals surface area contributed by atoms with E-state index in [0.29, 0.717) is 6.04 Å². The van der Waals surface area contributed by atoms with Crippen LogP contribution in [-0.4, -0.2) is 36.4 Å². The second-order valence-electron chi connectivity index (χ2n) is 5.54. The van der Waals surface area contributed by atoms with Crippen molar-refractivity contribution in [1.82, 2.24) is 5.32 Å². The Hall–Kier alpha value is -0.580. The highest BCUT2D eigenvalue weighted by Crippen LogP contribution is 2.27. The van der Waals surface area contributed by atoms with E-state index in [2.05, 4.69) is 58.2 Å². The van der Waals surface area contributed by atoms with Crippen LogP contribution in [0.5, 0.6) is 0 Å². The molecule has 0 amide bonds. The molecule has 18 heavy (non-hydrogen) atoms. The van der Waals surface area contributed by atoms with Gasteiger partial charge in [-0.05, 0) is 38.5 Å². The van der Waals surface area contributed by atoms with Gasteiger partial charge in [-0.15, -0.1) is 0 Å². The number of aliphatic hydroxyl groups is 1. The van der Waals surface area contributed by atoms with Gasteiger partial charge in [0.1, 0.15) is 0 Å². The zero-order chi connectivity index (χ0) is 13.2. The Labute approximate surface area is 117 Å². The molecule has 0 aliphatic carbocycles. The lowest BCUT2D eigenvalue weighted by molar-refractivity contribution is 0.241. The molecule has 0 aromatic heterocycles. The summed E-state index contributed by atoms with van der Waals surface area (Å²) >= 11 is 3.52. The summed E-state index contributed by atoms with van der Waals surface area (Å²) in [4.78, 5) is 2.40. The lowest BCUT2D eigenvalue weighted by Gasteiger charge is -2.46. The van der Waals surface area contributed by atoms with Crippen LogP contribution in [0, 0.1) is 0 Å². The van der Waals surface area contributed by atoms with Gasteiger partial charge in [-0.3, -0.25) is 0 Å². The number of anilines is 1. The Kier molecular flexibility index (Phi) is 4.30. The molecule has 1 aromatic rings. The highest BCUT2D eigenvalue weighted by Gasteiger charge is 2.32. The molecule has 0 radical (unpaired) electrons. The molecule has 1 heterocycles. The smallest absolute Gasteiger partial charge is 0.0451 e. The molecule has 0 bridgehead atoms. The van der Waals surface area contributed by atoms with Crippen LogP contribution in [0.3, 0.4) is 0 Å². The molecule has 3 nitrogen and oxygen atoms in total. The van der Waals surface area contributed by atoms with Gasteiger partial charge in [0.15, 0.2) is 0 Å². The number of nitrogens with zero attached hydrogens (tertiary/aromatic N) is 1. The summed E-state index contributed by atoms with van der Waals surface area (Å²) in [7, 11) is 0. The minimum absolute atomic E-state index is 0.105. The molecular weight excluding hydrogens is 292 g/mol. The highest BCUT2D eigenvalue weighted by molar-refractivity contribution is 9.10. The Bertz CT molecular complexity index is 409. The van der Waals surface area contributed by atoms with Crippen LogP contribution in [0.2, 0.25) is 0 Å². The zero-order valence-electron chi connectivity index (χ0n) is 11.0. The maximum atomic E-state index is 9.20. The number of benzene rings is 1. The fourth-order valence-electron chi connectivity index (χ4n) is 2.48. The first kappa shape index (κ1) is 13.8. The number of hydrogen-bond donors (Lipinski definition) is 2. The van der Waals surface area contributed by atoms with Gasteiger partial charge in [-0.1, -0.05) is 22.0 Å². The fourth-order valence-corrected chi connectivity index (χ4v) is 2.87. The molecule has 1 atom stereocenters. The van der Waals surface area contributed by atoms with Crippen molar-refractivity contribution in [2.75, 3.05) is 24.6 Å². The molecule has 1 saturated heterocycles. The van der Waals surface area contributed by atoms with Gasteiger partial charge in [-0.25, -0.2) is 0 Å². The van der Waals surface area contributed by atoms with E-state index in [-0.39, 0.29) is 12.1 Å². The predicted octanol–water partition coefficient (Wildman–Crippen LogP) is 2.39. The van der Waals surface area contributed by atoms with Crippen LogP contribution in [0.25, 0.3) is 0 Å². The van der Waals surface area contributed by atoms with E-state index in [1.807, 2.05) is 6.07 Å². The first-order valence-corrected chi connectivity index (χ1v) is 7.19. The van der Waals surface area contributed by atoms with Gasteiger partial charge in [0.2, 0.25) is 0 Å². The number of nitrogens with one attached hydrogen (secondary N) is 1. The van der Waals surface area contributed by atoms with E-state index in [0.717, 1.165) is 24.0 Å². The van der Waals surface area contributed by atoms with E-state index >= 15 is 0 Å². The maximum Gasteiger partial charge on any atom is 0.0451 e. The zero-order valence-corrected chi connectivity index (χ0v) is 12.6. The molecule has 0 saturated carbocycles. The van der Waals surface area contributed by atoms with E-state index in [1.165, 1.54) is 5.69 Å². The quantitative estimate of drug-likeness (QED) is 0.899. The summed E-state index contributed by atoms with van der Waals surface area (Å²) in [6.07, 6.45) is 0.801. The van der Waals surface area contributed by atoms with E-state index in [4.69, 9.17) is 0 Å². The lowest BCUT2D eigenvalue weighted by Crippen LogP contribution is -2.62. The van der Waals surface area contributed by atoms with Gasteiger partial charge in [0.25, 0.3) is 0 Å². The Morgan fingerprint density at radius 1 is 1.50 bits per heavy atom. The van der Waals surface area contributed by atoms with Crippen LogP contribution in [0.4, 0.5) is 5.69 Å². The van der Waals surface area contributed by atoms with Crippen LogP contribution in [0.15, 0.2) is 28.7 Å². The third kappa shape index (κ3) is 3.25. The summed E-state index contributed by atoms with van der Waals surface area (Å²) in [6, 6.07) is 8.74. The first-order valence-electron chi connectivity index (χ1n) is 6.40. The summed E-state index contributed by atoms with van der Waals surface area (Å²) in [6.45, 7) is 6.53. The van der Waals surface area contributed by atoms with Gasteiger partial charge in [0.05, 0.1) is 0 Å². The van der Waals surface area contributed by atoms with Crippen molar-refractivity contribution in [2.45, 2.75) is 31.8 Å². The van der Waals surface area contributed by atoms with Crippen molar-refractivity contribution in [3.8, 4) is 0 Å². The average Bonchev–Trinajstić information content (AvgIpc) is 2.31. The number of piperazine rings is 1. The van der Waals surface area contributed by atoms with E-state index in [9.17, 15) is 5.11 Å². The summed E-state index contributed by atoms with van der Waals surface area (Å²) in [5.74, 6) is 0. The van der Waals surface area contributed by atoms with E-state index < -0.39 is 0 Å². The lowest BCUT2D eigenvalue weighted by atomic mass is 9.96. The Morgan fingerprint density at radius 3 is 2.94 bits per heavy atom. The van der Waals surface area contributed by atoms with Crippen LogP contribution in [0.1, 0.15) is 20.3 Å². The highest BCUT2D eigenvalue weighted by atomic mass is 79.9. The first-order chi connectivity index (χ1) is 8.52. The SMILES string of the molecule is CC1(C)CN(c2cccc(Br)c2)C(CCO)CN1. The molecular formula is C14H21BrN2O. The van der Waals surface area contributed by atoms with Crippen molar-refractivity contribution in [3.63, 3.8) is 0 Å². The summed E-state index contributed by atoms with van der Waals surface area (Å²) in [5.41, 5.74) is 1.33. The number of aliphatic hydroxyl groups excluding tert-OH is 1. The van der Waals surface area contributed by atoms with Crippen LogP contribution in [-0.2, 0) is 0 Å².